The molecule has 0 fully saturated rings. The molecule has 0 saturated carbocycles. The van der Waals surface area contributed by atoms with Crippen LogP contribution >= 0.6 is 11.6 Å². The van der Waals surface area contributed by atoms with Crippen molar-refractivity contribution in [3.63, 3.8) is 0 Å². The highest BCUT2D eigenvalue weighted by molar-refractivity contribution is 6.31. The van der Waals surface area contributed by atoms with Gasteiger partial charge in [-0.3, -0.25) is 5.43 Å². The summed E-state index contributed by atoms with van der Waals surface area (Å²) >= 11 is 5.73. The molecule has 1 aromatic rings. The van der Waals surface area contributed by atoms with Gasteiger partial charge in [0, 0.05) is 6.20 Å². The average molecular weight is 185 g/mol. The van der Waals surface area contributed by atoms with Crippen LogP contribution in [0.25, 0.3) is 0 Å². The van der Waals surface area contributed by atoms with Gasteiger partial charge in [-0.2, -0.15) is 5.11 Å². The van der Waals surface area contributed by atoms with Gasteiger partial charge in [-0.05, 0) is 19.1 Å². The Labute approximate surface area is 75.7 Å². The molecule has 0 radical (unpaired) electrons. The highest BCUT2D eigenvalue weighted by atomic mass is 35.5. The minimum atomic E-state index is 0.396. The first-order valence-electron chi connectivity index (χ1n) is 3.57. The van der Waals surface area contributed by atoms with E-state index in [9.17, 15) is 0 Å². The SMILES string of the molecule is CCN=NNc1cccnc1Cl. The number of anilines is 1. The fourth-order valence-corrected chi connectivity index (χ4v) is 0.791. The molecule has 0 aliphatic rings. The normalized spacial score (nSPS) is 10.5. The highest BCUT2D eigenvalue weighted by Gasteiger charge is 1.95. The van der Waals surface area contributed by atoms with Crippen molar-refractivity contribution >= 4 is 17.3 Å². The molecule has 0 aromatic carbocycles. The molecule has 1 aromatic heterocycles. The maximum Gasteiger partial charge on any atom is 0.154 e. The van der Waals surface area contributed by atoms with Crippen molar-refractivity contribution in [3.8, 4) is 0 Å². The molecule has 4 nitrogen and oxygen atoms in total. The van der Waals surface area contributed by atoms with Gasteiger partial charge in [-0.25, -0.2) is 4.98 Å². The van der Waals surface area contributed by atoms with E-state index in [1.54, 1.807) is 18.3 Å². The van der Waals surface area contributed by atoms with E-state index in [4.69, 9.17) is 11.6 Å². The second-order valence-corrected chi connectivity index (χ2v) is 2.37. The molecule has 0 bridgehead atoms. The first-order valence-corrected chi connectivity index (χ1v) is 3.95. The first kappa shape index (κ1) is 8.93. The quantitative estimate of drug-likeness (QED) is 0.446. The Morgan fingerprint density at radius 2 is 2.50 bits per heavy atom. The van der Waals surface area contributed by atoms with Gasteiger partial charge in [0.15, 0.2) is 5.15 Å². The van der Waals surface area contributed by atoms with Gasteiger partial charge in [-0.15, -0.1) is 0 Å². The van der Waals surface area contributed by atoms with Crippen LogP contribution in [0.2, 0.25) is 5.15 Å². The van der Waals surface area contributed by atoms with Gasteiger partial charge in [-0.1, -0.05) is 16.8 Å². The Kier molecular flexibility index (Phi) is 3.47. The van der Waals surface area contributed by atoms with E-state index in [0.29, 0.717) is 17.4 Å². The molecule has 5 heteroatoms. The fourth-order valence-electron chi connectivity index (χ4n) is 0.629. The third-order valence-electron chi connectivity index (χ3n) is 1.14. The Morgan fingerprint density at radius 1 is 1.67 bits per heavy atom. The lowest BCUT2D eigenvalue weighted by molar-refractivity contribution is 0.962. The van der Waals surface area contributed by atoms with Crippen molar-refractivity contribution < 1.29 is 0 Å². The molecule has 0 atom stereocenters. The molecule has 0 spiro atoms. The van der Waals surface area contributed by atoms with Crippen molar-refractivity contribution in [1.29, 1.82) is 0 Å². The molecule has 0 aliphatic carbocycles. The summed E-state index contributed by atoms with van der Waals surface area (Å²) in [5, 5.41) is 7.80. The molecule has 64 valence electrons. The molecule has 1 rings (SSSR count). The van der Waals surface area contributed by atoms with Crippen LogP contribution in [0.3, 0.4) is 0 Å². The smallest absolute Gasteiger partial charge is 0.154 e. The van der Waals surface area contributed by atoms with Gasteiger partial charge in [0.25, 0.3) is 0 Å². The molecule has 1 heterocycles. The lowest BCUT2D eigenvalue weighted by Gasteiger charge is -1.98. The van der Waals surface area contributed by atoms with E-state index in [2.05, 4.69) is 20.7 Å². The molecule has 0 unspecified atom stereocenters. The van der Waals surface area contributed by atoms with Crippen molar-refractivity contribution in [2.75, 3.05) is 12.0 Å². The van der Waals surface area contributed by atoms with Crippen molar-refractivity contribution in [2.24, 2.45) is 10.3 Å². The molecular weight excluding hydrogens is 176 g/mol. The van der Waals surface area contributed by atoms with Crippen molar-refractivity contribution in [1.82, 2.24) is 4.98 Å². The molecule has 0 saturated heterocycles. The second kappa shape index (κ2) is 4.66. The lowest BCUT2D eigenvalue weighted by Crippen LogP contribution is -1.89. The Balaban J connectivity index is 2.63. The van der Waals surface area contributed by atoms with Crippen LogP contribution in [0.1, 0.15) is 6.92 Å². The summed E-state index contributed by atoms with van der Waals surface area (Å²) in [4.78, 5) is 3.86. The first-order chi connectivity index (χ1) is 5.84. The predicted octanol–water partition coefficient (Wildman–Crippen LogP) is 2.53. The largest absolute Gasteiger partial charge is 0.257 e. The minimum absolute atomic E-state index is 0.396. The zero-order valence-corrected chi connectivity index (χ0v) is 7.41. The number of aromatic nitrogens is 1. The number of nitrogens with zero attached hydrogens (tertiary/aromatic N) is 3. The minimum Gasteiger partial charge on any atom is -0.257 e. The summed E-state index contributed by atoms with van der Waals surface area (Å²) in [5.41, 5.74) is 3.34. The van der Waals surface area contributed by atoms with Crippen LogP contribution < -0.4 is 5.43 Å². The number of halogens is 1. The van der Waals surface area contributed by atoms with Crippen molar-refractivity contribution in [2.45, 2.75) is 6.92 Å². The predicted molar refractivity (Wildman–Crippen MR) is 48.3 cm³/mol. The van der Waals surface area contributed by atoms with Crippen LogP contribution in [0, 0.1) is 0 Å². The van der Waals surface area contributed by atoms with Crippen LogP contribution in [0.5, 0.6) is 0 Å². The van der Waals surface area contributed by atoms with Crippen LogP contribution in [0.4, 0.5) is 5.69 Å². The van der Waals surface area contributed by atoms with Crippen LogP contribution in [-0.4, -0.2) is 11.5 Å². The summed E-state index contributed by atoms with van der Waals surface area (Å²) in [5.74, 6) is 0. The van der Waals surface area contributed by atoms with Crippen LogP contribution in [-0.2, 0) is 0 Å². The standard InChI is InChI=1S/C7H9ClN4/c1-2-10-12-11-6-4-3-5-9-7(6)8/h3-5H,2H2,1H3,(H,10,11). The zero-order chi connectivity index (χ0) is 8.81. The van der Waals surface area contributed by atoms with Crippen molar-refractivity contribution in [3.05, 3.63) is 23.5 Å². The maximum atomic E-state index is 5.73. The number of hydrogen-bond acceptors (Lipinski definition) is 3. The monoisotopic (exact) mass is 184 g/mol. The van der Waals surface area contributed by atoms with E-state index < -0.39 is 0 Å². The number of nitrogens with one attached hydrogen (secondary N) is 1. The Hall–Kier alpha value is -1.16. The molecule has 1 N–H and O–H groups in total. The van der Waals surface area contributed by atoms with Gasteiger partial charge in [0.05, 0.1) is 12.2 Å². The van der Waals surface area contributed by atoms with Crippen LogP contribution in [0.15, 0.2) is 28.7 Å². The van der Waals surface area contributed by atoms with Gasteiger partial charge in [0.2, 0.25) is 0 Å². The number of rotatable bonds is 3. The van der Waals surface area contributed by atoms with Gasteiger partial charge in [0.1, 0.15) is 0 Å². The topological polar surface area (TPSA) is 49.6 Å². The second-order valence-electron chi connectivity index (χ2n) is 2.01. The third kappa shape index (κ3) is 2.47. The zero-order valence-electron chi connectivity index (χ0n) is 6.66. The molecule has 0 amide bonds. The Morgan fingerprint density at radius 3 is 3.17 bits per heavy atom. The van der Waals surface area contributed by atoms with E-state index in [1.165, 1.54) is 0 Å². The van der Waals surface area contributed by atoms with E-state index in [0.717, 1.165) is 0 Å². The number of hydrogen-bond donors (Lipinski definition) is 1. The summed E-state index contributed by atoms with van der Waals surface area (Å²) in [6, 6.07) is 3.56. The summed E-state index contributed by atoms with van der Waals surface area (Å²) in [7, 11) is 0. The van der Waals surface area contributed by atoms with E-state index in [1.807, 2.05) is 6.92 Å². The summed E-state index contributed by atoms with van der Waals surface area (Å²) in [6.07, 6.45) is 1.62. The molecule has 12 heavy (non-hydrogen) atoms. The van der Waals surface area contributed by atoms with E-state index in [-0.39, 0.29) is 0 Å². The van der Waals surface area contributed by atoms with E-state index >= 15 is 0 Å². The summed E-state index contributed by atoms with van der Waals surface area (Å²) < 4.78 is 0. The van der Waals surface area contributed by atoms with Gasteiger partial charge < -0.3 is 0 Å². The number of pyridine rings is 1. The lowest BCUT2D eigenvalue weighted by atomic mass is 10.4. The van der Waals surface area contributed by atoms with Gasteiger partial charge >= 0.3 is 0 Å². The fraction of sp³-hybridized carbons (Fsp3) is 0.286. The third-order valence-corrected chi connectivity index (χ3v) is 1.44. The Bertz CT molecular complexity index is 274. The summed E-state index contributed by atoms with van der Waals surface area (Å²) in [6.45, 7) is 2.54. The average Bonchev–Trinajstić information content (AvgIpc) is 2.09. The highest BCUT2D eigenvalue weighted by Crippen LogP contribution is 2.16. The molecule has 0 aliphatic heterocycles. The maximum absolute atomic E-state index is 5.73. The molecular formula is C7H9ClN4.